The molecule has 12 rings (SSSR count). The first kappa shape index (κ1) is 34.6. The molecule has 286 valence electrons. The third-order valence-electron chi connectivity index (χ3n) is 11.7. The lowest BCUT2D eigenvalue weighted by Gasteiger charge is -2.12. The predicted molar refractivity (Wildman–Crippen MR) is 247 cm³/mol. The van der Waals surface area contributed by atoms with Gasteiger partial charge < -0.3 is 0 Å². The van der Waals surface area contributed by atoms with Crippen molar-refractivity contribution in [3.05, 3.63) is 213 Å². The standard InChI is InChI=1S/C54H35N7/c1-4-14-36(15-5-1)38-24-28-49-45(32-38)43-20-10-12-22-47(43)60(49)51-30-26-40(34-55-51)53-57-58-54(59(53)42-18-8-3-9-19-42)41-27-31-52(56-35-41)61-48-23-13-11-21-44(48)46-33-39(25-29-50(46)61)37-16-6-2-7-17-37/h1-35H. The molecule has 12 aromatic rings. The van der Waals surface area contributed by atoms with Gasteiger partial charge >= 0.3 is 0 Å². The van der Waals surface area contributed by atoms with E-state index in [9.17, 15) is 0 Å². The van der Waals surface area contributed by atoms with E-state index in [1.807, 2.05) is 30.6 Å². The summed E-state index contributed by atoms with van der Waals surface area (Å²) in [4.78, 5) is 10.1. The number of nitrogens with zero attached hydrogens (tertiary/aromatic N) is 7. The Kier molecular flexibility index (Phi) is 8.03. The Morgan fingerprint density at radius 2 is 0.672 bits per heavy atom. The lowest BCUT2D eigenvalue weighted by atomic mass is 10.0. The van der Waals surface area contributed by atoms with Crippen LogP contribution >= 0.6 is 0 Å². The van der Waals surface area contributed by atoms with Gasteiger partial charge in [-0.3, -0.25) is 13.7 Å². The number of hydrogen-bond acceptors (Lipinski definition) is 4. The average Bonchev–Trinajstić information content (AvgIpc) is 4.03. The van der Waals surface area contributed by atoms with Gasteiger partial charge in [-0.25, -0.2) is 9.97 Å². The number of aromatic nitrogens is 7. The Labute approximate surface area is 351 Å². The van der Waals surface area contributed by atoms with Crippen LogP contribution in [0.2, 0.25) is 0 Å². The molecule has 0 aliphatic rings. The molecule has 0 saturated heterocycles. The number of para-hydroxylation sites is 3. The summed E-state index contributed by atoms with van der Waals surface area (Å²) >= 11 is 0. The van der Waals surface area contributed by atoms with Crippen LogP contribution in [0, 0.1) is 0 Å². The Morgan fingerprint density at radius 1 is 0.279 bits per heavy atom. The van der Waals surface area contributed by atoms with E-state index in [1.54, 1.807) is 0 Å². The molecule has 0 bridgehead atoms. The van der Waals surface area contributed by atoms with Gasteiger partial charge in [-0.15, -0.1) is 10.2 Å². The molecule has 7 aromatic carbocycles. The van der Waals surface area contributed by atoms with Gasteiger partial charge in [0.1, 0.15) is 11.6 Å². The highest BCUT2D eigenvalue weighted by molar-refractivity contribution is 6.11. The summed E-state index contributed by atoms with van der Waals surface area (Å²) in [5, 5.41) is 14.3. The smallest absolute Gasteiger partial charge is 0.170 e. The highest BCUT2D eigenvalue weighted by Gasteiger charge is 2.21. The van der Waals surface area contributed by atoms with Crippen LogP contribution < -0.4 is 0 Å². The van der Waals surface area contributed by atoms with Gasteiger partial charge in [-0.2, -0.15) is 0 Å². The predicted octanol–water partition coefficient (Wildman–Crippen LogP) is 12.9. The third-order valence-corrected chi connectivity index (χ3v) is 11.7. The first-order chi connectivity index (χ1) is 30.3. The van der Waals surface area contributed by atoms with Gasteiger partial charge in [0.15, 0.2) is 11.6 Å². The minimum Gasteiger partial charge on any atom is -0.294 e. The first-order valence-electron chi connectivity index (χ1n) is 20.4. The molecular formula is C54H35N7. The van der Waals surface area contributed by atoms with Crippen molar-refractivity contribution in [3.8, 4) is 62.4 Å². The van der Waals surface area contributed by atoms with Gasteiger partial charge in [-0.05, 0) is 95.1 Å². The van der Waals surface area contributed by atoms with Gasteiger partial charge in [0, 0.05) is 50.8 Å². The number of pyridine rings is 2. The fourth-order valence-electron chi connectivity index (χ4n) is 8.84. The van der Waals surface area contributed by atoms with Gasteiger partial charge in [-0.1, -0.05) is 127 Å². The molecule has 0 amide bonds. The Balaban J connectivity index is 0.930. The summed E-state index contributed by atoms with van der Waals surface area (Å²) in [6.45, 7) is 0. The lowest BCUT2D eigenvalue weighted by Crippen LogP contribution is -2.02. The molecule has 61 heavy (non-hydrogen) atoms. The van der Waals surface area contributed by atoms with E-state index in [0.29, 0.717) is 11.6 Å². The second-order valence-electron chi connectivity index (χ2n) is 15.2. The molecule has 0 saturated carbocycles. The quantitative estimate of drug-likeness (QED) is 0.161. The van der Waals surface area contributed by atoms with Crippen molar-refractivity contribution in [3.63, 3.8) is 0 Å². The van der Waals surface area contributed by atoms with Crippen LogP contribution in [0.25, 0.3) is 106 Å². The summed E-state index contributed by atoms with van der Waals surface area (Å²) in [7, 11) is 0. The number of benzene rings is 7. The summed E-state index contributed by atoms with van der Waals surface area (Å²) in [5.74, 6) is 3.04. The summed E-state index contributed by atoms with van der Waals surface area (Å²) < 4.78 is 6.57. The maximum atomic E-state index is 5.07. The van der Waals surface area contributed by atoms with Crippen molar-refractivity contribution in [2.24, 2.45) is 0 Å². The minimum atomic E-state index is 0.690. The van der Waals surface area contributed by atoms with Crippen LogP contribution in [-0.2, 0) is 0 Å². The molecule has 7 heteroatoms. The van der Waals surface area contributed by atoms with Crippen molar-refractivity contribution in [2.75, 3.05) is 0 Å². The van der Waals surface area contributed by atoms with E-state index < -0.39 is 0 Å². The molecule has 0 N–H and O–H groups in total. The van der Waals surface area contributed by atoms with Gasteiger partial charge in [0.25, 0.3) is 0 Å². The molecule has 0 fully saturated rings. The van der Waals surface area contributed by atoms with Crippen LogP contribution in [0.4, 0.5) is 0 Å². The monoisotopic (exact) mass is 781 g/mol. The fourth-order valence-corrected chi connectivity index (χ4v) is 8.84. The Morgan fingerprint density at radius 3 is 1.11 bits per heavy atom. The average molecular weight is 782 g/mol. The molecule has 5 heterocycles. The van der Waals surface area contributed by atoms with Gasteiger partial charge in [0.2, 0.25) is 0 Å². The van der Waals surface area contributed by atoms with Crippen molar-refractivity contribution in [1.29, 1.82) is 0 Å². The zero-order valence-electron chi connectivity index (χ0n) is 32.8. The summed E-state index contributed by atoms with van der Waals surface area (Å²) in [6.07, 6.45) is 3.79. The zero-order valence-corrected chi connectivity index (χ0v) is 32.8. The molecule has 0 aliphatic heterocycles. The molecule has 0 atom stereocenters. The summed E-state index contributed by atoms with van der Waals surface area (Å²) in [6, 6.07) is 70.0. The normalized spacial score (nSPS) is 11.6. The maximum absolute atomic E-state index is 5.07. The second kappa shape index (κ2) is 14.1. The van der Waals surface area contributed by atoms with Crippen LogP contribution in [0.3, 0.4) is 0 Å². The summed E-state index contributed by atoms with van der Waals surface area (Å²) in [5.41, 5.74) is 11.8. The third kappa shape index (κ3) is 5.74. The van der Waals surface area contributed by atoms with Crippen molar-refractivity contribution in [1.82, 2.24) is 33.9 Å². The zero-order chi connectivity index (χ0) is 40.3. The Hall–Kier alpha value is -8.42. The van der Waals surface area contributed by atoms with Crippen LogP contribution in [-0.4, -0.2) is 33.9 Å². The molecule has 0 unspecified atom stereocenters. The van der Waals surface area contributed by atoms with Gasteiger partial charge in [0.05, 0.1) is 22.1 Å². The van der Waals surface area contributed by atoms with Crippen molar-refractivity contribution in [2.45, 2.75) is 0 Å². The molecule has 0 aliphatic carbocycles. The first-order valence-corrected chi connectivity index (χ1v) is 20.4. The van der Waals surface area contributed by atoms with E-state index in [4.69, 9.17) is 20.2 Å². The highest BCUT2D eigenvalue weighted by Crippen LogP contribution is 2.37. The fraction of sp³-hybridized carbons (Fsp3) is 0. The topological polar surface area (TPSA) is 66.3 Å². The number of hydrogen-bond donors (Lipinski definition) is 0. The molecule has 7 nitrogen and oxygen atoms in total. The van der Waals surface area contributed by atoms with E-state index >= 15 is 0 Å². The Bertz CT molecular complexity index is 3330. The molecule has 5 aromatic heterocycles. The van der Waals surface area contributed by atoms with Crippen molar-refractivity contribution >= 4 is 43.6 Å². The largest absolute Gasteiger partial charge is 0.294 e. The van der Waals surface area contributed by atoms with E-state index in [0.717, 1.165) is 50.5 Å². The van der Waals surface area contributed by atoms with Crippen LogP contribution in [0.5, 0.6) is 0 Å². The number of fused-ring (bicyclic) bond motifs is 6. The van der Waals surface area contributed by atoms with Crippen LogP contribution in [0.15, 0.2) is 213 Å². The van der Waals surface area contributed by atoms with E-state index in [1.165, 1.54) is 43.8 Å². The molecule has 0 spiro atoms. The minimum absolute atomic E-state index is 0.690. The molecular weight excluding hydrogens is 747 g/mol. The second-order valence-corrected chi connectivity index (χ2v) is 15.2. The van der Waals surface area contributed by atoms with E-state index in [-0.39, 0.29) is 0 Å². The lowest BCUT2D eigenvalue weighted by molar-refractivity contribution is 1.04. The van der Waals surface area contributed by atoms with E-state index in [2.05, 4.69) is 196 Å². The van der Waals surface area contributed by atoms with Crippen LogP contribution in [0.1, 0.15) is 0 Å². The maximum Gasteiger partial charge on any atom is 0.170 e. The molecule has 0 radical (unpaired) electrons. The van der Waals surface area contributed by atoms with Crippen molar-refractivity contribution < 1.29 is 0 Å². The SMILES string of the molecule is c1ccc(-c2ccc3c(c2)c2ccccc2n3-c2ccc(-c3nnc(-c4ccc(-n5c6ccccc6c6cc(-c7ccccc7)ccc65)nc4)n3-c3ccccc3)cn2)cc1. The number of rotatable bonds is 7. The highest BCUT2D eigenvalue weighted by atomic mass is 15.3.